The van der Waals surface area contributed by atoms with Crippen molar-refractivity contribution in [3.63, 3.8) is 0 Å². The van der Waals surface area contributed by atoms with Gasteiger partial charge in [-0.2, -0.15) is 5.10 Å². The molecule has 35 heavy (non-hydrogen) atoms. The quantitative estimate of drug-likeness (QED) is 0.447. The molecule has 1 unspecified atom stereocenters. The maximum absolute atomic E-state index is 13.4. The minimum atomic E-state index is -0.292. The lowest BCUT2D eigenvalue weighted by atomic mass is 9.78. The van der Waals surface area contributed by atoms with Gasteiger partial charge in [0.2, 0.25) is 0 Å². The second kappa shape index (κ2) is 10.00. The standard InChI is InChI=1S/C27H30FN5O2/c1-17-23-16-31-33(22-8-6-21(28)7-9-22)25(23)14-19-5-4-18(26(17)19)13-24(20-3-2-10-29-15-20)32-27(35)30-11-12-34/h2-3,6-10,15-18,24,34H,4-5,11-14H2,1H3,(H2,30,32,35)/t17-,18+,24?/m0/s1. The molecular formula is C27H30FN5O2. The Kier molecular flexibility index (Phi) is 6.63. The summed E-state index contributed by atoms with van der Waals surface area (Å²) < 4.78 is 15.4. The van der Waals surface area contributed by atoms with Crippen molar-refractivity contribution >= 4 is 6.03 Å². The molecule has 2 aliphatic carbocycles. The number of nitrogens with zero attached hydrogens (tertiary/aromatic N) is 3. The molecule has 8 heteroatoms. The first-order chi connectivity index (χ1) is 17.0. The van der Waals surface area contributed by atoms with E-state index in [1.54, 1.807) is 24.5 Å². The number of halogens is 1. The number of aromatic nitrogens is 3. The first-order valence-corrected chi connectivity index (χ1v) is 12.1. The molecule has 3 N–H and O–H groups in total. The SMILES string of the molecule is C[C@@H]1C2=C(CC[C@@H]2CC(NC(=O)NCCO)c2cccnc2)Cc2c1cnn2-c1ccc(F)cc1. The summed E-state index contributed by atoms with van der Waals surface area (Å²) in [6.45, 7) is 2.35. The molecule has 2 aliphatic rings. The van der Waals surface area contributed by atoms with Crippen molar-refractivity contribution in [2.75, 3.05) is 13.2 Å². The van der Waals surface area contributed by atoms with Crippen LogP contribution in [-0.2, 0) is 6.42 Å². The fourth-order valence-corrected chi connectivity index (χ4v) is 5.66. The molecule has 0 radical (unpaired) electrons. The number of urea groups is 1. The lowest BCUT2D eigenvalue weighted by Gasteiger charge is -2.29. The van der Waals surface area contributed by atoms with Gasteiger partial charge in [0, 0.05) is 36.8 Å². The average molecular weight is 476 g/mol. The van der Waals surface area contributed by atoms with Crippen LogP contribution in [-0.4, -0.2) is 39.1 Å². The van der Waals surface area contributed by atoms with Gasteiger partial charge in [-0.05, 0) is 61.1 Å². The number of rotatable bonds is 7. The van der Waals surface area contributed by atoms with Crippen LogP contribution in [0.25, 0.3) is 5.69 Å². The summed E-state index contributed by atoms with van der Waals surface area (Å²) in [7, 11) is 0. The van der Waals surface area contributed by atoms with Crippen molar-refractivity contribution in [1.82, 2.24) is 25.4 Å². The number of carbonyl (C=O) groups is 1. The molecule has 5 rings (SSSR count). The Bertz CT molecular complexity index is 1220. The van der Waals surface area contributed by atoms with E-state index in [1.807, 2.05) is 23.0 Å². The fourth-order valence-electron chi connectivity index (χ4n) is 5.66. The predicted octanol–water partition coefficient (Wildman–Crippen LogP) is 4.20. The lowest BCUT2D eigenvalue weighted by Crippen LogP contribution is -2.40. The first-order valence-electron chi connectivity index (χ1n) is 12.1. The van der Waals surface area contributed by atoms with E-state index in [0.717, 1.165) is 36.9 Å². The third-order valence-electron chi connectivity index (χ3n) is 7.24. The minimum absolute atomic E-state index is 0.102. The number of amides is 2. The number of aliphatic hydroxyl groups is 1. The number of allylic oxidation sites excluding steroid dienone is 2. The number of carbonyl (C=O) groups excluding carboxylic acids is 1. The van der Waals surface area contributed by atoms with Crippen LogP contribution in [0.1, 0.15) is 55.0 Å². The Morgan fingerprint density at radius 2 is 2.09 bits per heavy atom. The van der Waals surface area contributed by atoms with E-state index < -0.39 is 0 Å². The van der Waals surface area contributed by atoms with Gasteiger partial charge in [-0.25, -0.2) is 13.9 Å². The molecule has 2 amide bonds. The Labute approximate surface area is 204 Å². The number of nitrogens with one attached hydrogen (secondary N) is 2. The van der Waals surface area contributed by atoms with E-state index in [9.17, 15) is 9.18 Å². The number of benzene rings is 1. The molecule has 0 bridgehead atoms. The molecule has 2 aromatic heterocycles. The monoisotopic (exact) mass is 475 g/mol. The van der Waals surface area contributed by atoms with E-state index in [1.165, 1.54) is 34.5 Å². The summed E-state index contributed by atoms with van der Waals surface area (Å²) >= 11 is 0. The average Bonchev–Trinajstić information content (AvgIpc) is 3.48. The summed E-state index contributed by atoms with van der Waals surface area (Å²) in [6.07, 6.45) is 9.16. The molecule has 182 valence electrons. The summed E-state index contributed by atoms with van der Waals surface area (Å²) in [6, 6.07) is 9.86. The second-order valence-corrected chi connectivity index (χ2v) is 9.33. The molecule has 3 atom stereocenters. The summed E-state index contributed by atoms with van der Waals surface area (Å²) in [4.78, 5) is 16.7. The van der Waals surface area contributed by atoms with Crippen LogP contribution in [0.15, 0.2) is 66.1 Å². The lowest BCUT2D eigenvalue weighted by molar-refractivity contribution is 0.228. The van der Waals surface area contributed by atoms with Crippen molar-refractivity contribution in [1.29, 1.82) is 0 Å². The number of hydrogen-bond acceptors (Lipinski definition) is 4. The van der Waals surface area contributed by atoms with Crippen LogP contribution in [0, 0.1) is 11.7 Å². The fraction of sp³-hybridized carbons (Fsp3) is 0.370. The highest BCUT2D eigenvalue weighted by atomic mass is 19.1. The van der Waals surface area contributed by atoms with Gasteiger partial charge in [-0.3, -0.25) is 4.98 Å². The van der Waals surface area contributed by atoms with Crippen LogP contribution in [0.5, 0.6) is 0 Å². The topological polar surface area (TPSA) is 92.1 Å². The minimum Gasteiger partial charge on any atom is -0.395 e. The zero-order valence-corrected chi connectivity index (χ0v) is 19.7. The van der Waals surface area contributed by atoms with Gasteiger partial charge in [-0.15, -0.1) is 0 Å². The number of fused-ring (bicyclic) bond motifs is 1. The van der Waals surface area contributed by atoms with Gasteiger partial charge in [-0.1, -0.05) is 24.1 Å². The summed E-state index contributed by atoms with van der Waals surface area (Å²) in [5, 5.41) is 19.5. The Morgan fingerprint density at radius 3 is 2.83 bits per heavy atom. The molecule has 0 spiro atoms. The van der Waals surface area contributed by atoms with Crippen LogP contribution in [0.3, 0.4) is 0 Å². The summed E-state index contributed by atoms with van der Waals surface area (Å²) in [5.74, 6) is 0.312. The van der Waals surface area contributed by atoms with Crippen LogP contribution in [0.2, 0.25) is 0 Å². The first kappa shape index (κ1) is 23.2. The predicted molar refractivity (Wildman–Crippen MR) is 131 cm³/mol. The van der Waals surface area contributed by atoms with E-state index in [4.69, 9.17) is 5.11 Å². The Hall–Kier alpha value is -3.52. The van der Waals surface area contributed by atoms with E-state index in [-0.39, 0.29) is 37.0 Å². The van der Waals surface area contributed by atoms with Crippen LogP contribution >= 0.6 is 0 Å². The normalized spacial score (nSPS) is 19.7. The smallest absolute Gasteiger partial charge is 0.315 e. The van der Waals surface area contributed by atoms with Crippen molar-refractivity contribution in [2.45, 2.75) is 44.6 Å². The molecule has 0 saturated heterocycles. The third-order valence-corrected chi connectivity index (χ3v) is 7.24. The van der Waals surface area contributed by atoms with Gasteiger partial charge >= 0.3 is 6.03 Å². The highest BCUT2D eigenvalue weighted by Crippen LogP contribution is 2.49. The molecule has 7 nitrogen and oxygen atoms in total. The Balaban J connectivity index is 1.38. The van der Waals surface area contributed by atoms with Gasteiger partial charge in [0.1, 0.15) is 5.82 Å². The van der Waals surface area contributed by atoms with E-state index in [2.05, 4.69) is 27.6 Å². The second-order valence-electron chi connectivity index (χ2n) is 9.33. The van der Waals surface area contributed by atoms with Gasteiger partial charge in [0.25, 0.3) is 0 Å². The van der Waals surface area contributed by atoms with Gasteiger partial charge in [0.15, 0.2) is 0 Å². The molecule has 3 aromatic rings. The number of hydrogen-bond donors (Lipinski definition) is 3. The molecule has 2 heterocycles. The van der Waals surface area contributed by atoms with E-state index >= 15 is 0 Å². The van der Waals surface area contributed by atoms with Crippen molar-refractivity contribution < 1.29 is 14.3 Å². The van der Waals surface area contributed by atoms with Crippen LogP contribution < -0.4 is 10.6 Å². The molecule has 0 fully saturated rings. The van der Waals surface area contributed by atoms with Crippen molar-refractivity contribution in [3.05, 3.63) is 88.8 Å². The van der Waals surface area contributed by atoms with Crippen molar-refractivity contribution in [2.24, 2.45) is 5.92 Å². The number of pyridine rings is 1. The van der Waals surface area contributed by atoms with Gasteiger partial charge < -0.3 is 15.7 Å². The van der Waals surface area contributed by atoms with Gasteiger partial charge in [0.05, 0.1) is 30.2 Å². The summed E-state index contributed by atoms with van der Waals surface area (Å²) in [5.41, 5.74) is 7.14. The molecular weight excluding hydrogens is 445 g/mol. The largest absolute Gasteiger partial charge is 0.395 e. The highest BCUT2D eigenvalue weighted by Gasteiger charge is 2.37. The Morgan fingerprint density at radius 1 is 1.26 bits per heavy atom. The molecule has 0 aliphatic heterocycles. The maximum atomic E-state index is 13.4. The highest BCUT2D eigenvalue weighted by molar-refractivity contribution is 5.74. The maximum Gasteiger partial charge on any atom is 0.315 e. The molecule has 1 aromatic carbocycles. The zero-order valence-electron chi connectivity index (χ0n) is 19.7. The number of aliphatic hydroxyl groups excluding tert-OH is 1. The third kappa shape index (κ3) is 4.71. The van der Waals surface area contributed by atoms with Crippen molar-refractivity contribution in [3.8, 4) is 5.69 Å². The van der Waals surface area contributed by atoms with Crippen LogP contribution in [0.4, 0.5) is 9.18 Å². The molecule has 0 saturated carbocycles. The zero-order chi connectivity index (χ0) is 24.4. The van der Waals surface area contributed by atoms with E-state index in [0.29, 0.717) is 5.92 Å².